The molecule has 112 valence electrons. The van der Waals surface area contributed by atoms with Crippen LogP contribution >= 0.6 is 0 Å². The maximum atomic E-state index is 13.0. The third-order valence-corrected chi connectivity index (χ3v) is 5.06. The highest BCUT2D eigenvalue weighted by molar-refractivity contribution is 7.89. The lowest BCUT2D eigenvalue weighted by Gasteiger charge is -2.18. The number of sulfonamides is 1. The molecular weight excluding hydrogens is 293 g/mol. The molecule has 21 heavy (non-hydrogen) atoms. The number of hydrogen-bond donors (Lipinski definition) is 1. The number of halogens is 1. The Morgan fingerprint density at radius 1 is 1.24 bits per heavy atom. The van der Waals surface area contributed by atoms with Crippen LogP contribution in [0.2, 0.25) is 0 Å². The molecule has 0 unspecified atom stereocenters. The van der Waals surface area contributed by atoms with E-state index < -0.39 is 15.8 Å². The number of aromatic nitrogens is 1. The van der Waals surface area contributed by atoms with Gasteiger partial charge in [-0.15, -0.1) is 0 Å². The second-order valence-electron chi connectivity index (χ2n) is 4.61. The van der Waals surface area contributed by atoms with Crippen molar-refractivity contribution < 1.29 is 12.8 Å². The fourth-order valence-corrected chi connectivity index (χ4v) is 3.14. The lowest BCUT2D eigenvalue weighted by atomic mass is 10.2. The molecule has 5 nitrogen and oxygen atoms in total. The first kappa shape index (κ1) is 15.4. The number of benzene rings is 1. The van der Waals surface area contributed by atoms with Crippen LogP contribution in [0.4, 0.5) is 10.1 Å². The van der Waals surface area contributed by atoms with Crippen LogP contribution in [0, 0.1) is 5.82 Å². The van der Waals surface area contributed by atoms with Gasteiger partial charge in [0.2, 0.25) is 10.0 Å². The van der Waals surface area contributed by atoms with Gasteiger partial charge in [0.05, 0.1) is 5.69 Å². The number of hydrogen-bond acceptors (Lipinski definition) is 4. The molecule has 7 heteroatoms. The summed E-state index contributed by atoms with van der Waals surface area (Å²) >= 11 is 0. The molecule has 0 atom stereocenters. The first-order chi connectivity index (χ1) is 9.91. The summed E-state index contributed by atoms with van der Waals surface area (Å²) in [7, 11) is -2.26. The number of likely N-dealkylation sites (N-methyl/N-ethyl adjacent to an activating group) is 1. The Morgan fingerprint density at radius 3 is 2.52 bits per heavy atom. The largest absolute Gasteiger partial charge is 0.398 e. The van der Waals surface area contributed by atoms with E-state index in [0.29, 0.717) is 13.0 Å². The van der Waals surface area contributed by atoms with Gasteiger partial charge in [-0.3, -0.25) is 4.98 Å². The fourth-order valence-electron chi connectivity index (χ4n) is 1.88. The van der Waals surface area contributed by atoms with Crippen LogP contribution in [0.1, 0.15) is 5.56 Å². The van der Waals surface area contributed by atoms with Gasteiger partial charge in [0.1, 0.15) is 10.7 Å². The van der Waals surface area contributed by atoms with E-state index in [-0.39, 0.29) is 10.6 Å². The van der Waals surface area contributed by atoms with Crippen molar-refractivity contribution in [2.45, 2.75) is 11.3 Å². The van der Waals surface area contributed by atoms with E-state index >= 15 is 0 Å². The van der Waals surface area contributed by atoms with Gasteiger partial charge in [-0.25, -0.2) is 17.1 Å². The van der Waals surface area contributed by atoms with Crippen molar-refractivity contribution in [3.63, 3.8) is 0 Å². The van der Waals surface area contributed by atoms with E-state index in [1.54, 1.807) is 12.4 Å². The van der Waals surface area contributed by atoms with Crippen molar-refractivity contribution >= 4 is 15.7 Å². The molecule has 2 N–H and O–H groups in total. The van der Waals surface area contributed by atoms with Gasteiger partial charge in [-0.1, -0.05) is 0 Å². The van der Waals surface area contributed by atoms with Crippen molar-refractivity contribution in [2.75, 3.05) is 19.3 Å². The summed E-state index contributed by atoms with van der Waals surface area (Å²) in [5.74, 6) is -0.564. The van der Waals surface area contributed by atoms with Crippen LogP contribution < -0.4 is 5.73 Å². The molecule has 0 amide bonds. The lowest BCUT2D eigenvalue weighted by molar-refractivity contribution is 0.472. The number of rotatable bonds is 5. The minimum absolute atomic E-state index is 0.0823. The smallest absolute Gasteiger partial charge is 0.244 e. The van der Waals surface area contributed by atoms with Crippen LogP contribution in [0.25, 0.3) is 0 Å². The van der Waals surface area contributed by atoms with Crippen LogP contribution in [0.3, 0.4) is 0 Å². The van der Waals surface area contributed by atoms with Crippen molar-refractivity contribution in [3.8, 4) is 0 Å². The van der Waals surface area contributed by atoms with Crippen LogP contribution in [-0.2, 0) is 16.4 Å². The van der Waals surface area contributed by atoms with E-state index in [9.17, 15) is 12.8 Å². The summed E-state index contributed by atoms with van der Waals surface area (Å²) in [5.41, 5.74) is 6.49. The highest BCUT2D eigenvalue weighted by atomic mass is 32.2. The Morgan fingerprint density at radius 2 is 1.90 bits per heavy atom. The molecule has 0 saturated heterocycles. The van der Waals surface area contributed by atoms with Crippen molar-refractivity contribution in [2.24, 2.45) is 0 Å². The zero-order chi connectivity index (χ0) is 15.5. The average Bonchev–Trinajstić information content (AvgIpc) is 2.45. The molecule has 1 heterocycles. The minimum Gasteiger partial charge on any atom is -0.398 e. The summed E-state index contributed by atoms with van der Waals surface area (Å²) in [6, 6.07) is 6.92. The average molecular weight is 309 g/mol. The predicted octanol–water partition coefficient (Wildman–Crippen LogP) is 1.67. The summed E-state index contributed by atoms with van der Waals surface area (Å²) in [6.45, 7) is 0.295. The summed E-state index contributed by atoms with van der Waals surface area (Å²) < 4.78 is 39.0. The quantitative estimate of drug-likeness (QED) is 0.852. The Kier molecular flexibility index (Phi) is 4.54. The number of nitrogens with two attached hydrogens (primary N) is 1. The van der Waals surface area contributed by atoms with Crippen LogP contribution in [-0.4, -0.2) is 31.3 Å². The van der Waals surface area contributed by atoms with Gasteiger partial charge in [-0.2, -0.15) is 0 Å². The van der Waals surface area contributed by atoms with Crippen LogP contribution in [0.5, 0.6) is 0 Å². The third kappa shape index (κ3) is 3.56. The molecular formula is C14H16FN3O2S. The Balaban J connectivity index is 2.15. The summed E-state index contributed by atoms with van der Waals surface area (Å²) in [4.78, 5) is 3.82. The minimum atomic E-state index is -3.73. The maximum Gasteiger partial charge on any atom is 0.244 e. The SMILES string of the molecule is CN(CCc1ccncc1)S(=O)(=O)c1ccc(F)cc1N. The third-order valence-electron chi connectivity index (χ3n) is 3.12. The molecule has 1 aromatic heterocycles. The van der Waals surface area contributed by atoms with Gasteiger partial charge in [0.15, 0.2) is 0 Å². The summed E-state index contributed by atoms with van der Waals surface area (Å²) in [6.07, 6.45) is 3.86. The van der Waals surface area contributed by atoms with Gasteiger partial charge in [0, 0.05) is 26.0 Å². The number of nitrogen functional groups attached to an aromatic ring is 1. The zero-order valence-corrected chi connectivity index (χ0v) is 12.3. The zero-order valence-electron chi connectivity index (χ0n) is 11.5. The van der Waals surface area contributed by atoms with Gasteiger partial charge < -0.3 is 5.73 Å². The van der Waals surface area contributed by atoms with Gasteiger partial charge in [0.25, 0.3) is 0 Å². The molecule has 0 aliphatic rings. The number of pyridine rings is 1. The van der Waals surface area contributed by atoms with Crippen molar-refractivity contribution in [3.05, 3.63) is 54.1 Å². The Bertz CT molecular complexity index is 720. The van der Waals surface area contributed by atoms with Crippen LogP contribution in [0.15, 0.2) is 47.6 Å². The van der Waals surface area contributed by atoms with E-state index in [2.05, 4.69) is 4.98 Å². The first-order valence-corrected chi connectivity index (χ1v) is 7.75. The molecule has 0 aliphatic carbocycles. The van der Waals surface area contributed by atoms with Gasteiger partial charge in [-0.05, 0) is 42.3 Å². The molecule has 0 bridgehead atoms. The lowest BCUT2D eigenvalue weighted by Crippen LogP contribution is -2.29. The molecule has 2 rings (SSSR count). The second kappa shape index (κ2) is 6.19. The Hall–Kier alpha value is -1.99. The number of anilines is 1. The molecule has 0 radical (unpaired) electrons. The van der Waals surface area contributed by atoms with E-state index in [4.69, 9.17) is 5.73 Å². The highest BCUT2D eigenvalue weighted by Crippen LogP contribution is 2.22. The topological polar surface area (TPSA) is 76.3 Å². The molecule has 0 saturated carbocycles. The Labute approximate surface area is 123 Å². The van der Waals surface area contributed by atoms with Crippen molar-refractivity contribution in [1.82, 2.24) is 9.29 Å². The monoisotopic (exact) mass is 309 g/mol. The highest BCUT2D eigenvalue weighted by Gasteiger charge is 2.23. The first-order valence-electron chi connectivity index (χ1n) is 6.31. The van der Waals surface area contributed by atoms with E-state index in [0.717, 1.165) is 17.7 Å². The molecule has 0 aliphatic heterocycles. The predicted molar refractivity (Wildman–Crippen MR) is 78.6 cm³/mol. The normalized spacial score (nSPS) is 11.8. The second-order valence-corrected chi connectivity index (χ2v) is 6.63. The van der Waals surface area contributed by atoms with Crippen molar-refractivity contribution in [1.29, 1.82) is 0 Å². The standard InChI is InChI=1S/C14H16FN3O2S/c1-18(9-6-11-4-7-17-8-5-11)21(19,20)14-3-2-12(15)10-13(14)16/h2-5,7-8,10H,6,9,16H2,1H3. The van der Waals surface area contributed by atoms with Gasteiger partial charge >= 0.3 is 0 Å². The maximum absolute atomic E-state index is 13.0. The molecule has 1 aromatic carbocycles. The molecule has 2 aromatic rings. The molecule has 0 fully saturated rings. The van der Waals surface area contributed by atoms with E-state index in [1.165, 1.54) is 17.4 Å². The fraction of sp³-hybridized carbons (Fsp3) is 0.214. The number of nitrogens with zero attached hydrogens (tertiary/aromatic N) is 2. The molecule has 0 spiro atoms. The van der Waals surface area contributed by atoms with E-state index in [1.807, 2.05) is 12.1 Å². The summed E-state index contributed by atoms with van der Waals surface area (Å²) in [5, 5.41) is 0.